The second-order valence-electron chi connectivity index (χ2n) is 26.0. The molecule has 0 heterocycles. The summed E-state index contributed by atoms with van der Waals surface area (Å²) in [7, 11) is 0. The van der Waals surface area contributed by atoms with Crippen LogP contribution in [0.2, 0.25) is 0 Å². The van der Waals surface area contributed by atoms with Crippen LogP contribution in [-0.2, 0) is 14.3 Å². The smallest absolute Gasteiger partial charge is 0.305 e. The molecule has 0 saturated heterocycles. The van der Waals surface area contributed by atoms with Crippen LogP contribution in [0.1, 0.15) is 431 Å². The summed E-state index contributed by atoms with van der Waals surface area (Å²) in [5.74, 6) is -0.00430. The molecule has 0 saturated carbocycles. The fourth-order valence-corrected chi connectivity index (χ4v) is 12.1. The van der Waals surface area contributed by atoms with Gasteiger partial charge < -0.3 is 20.3 Å². The third kappa shape index (κ3) is 67.6. The number of carbonyl (C=O) groups is 2. The molecule has 3 N–H and O–H groups in total. The Hall–Kier alpha value is -1.40. The number of aliphatic hydroxyl groups excluding tert-OH is 2. The molecule has 0 aliphatic heterocycles. The van der Waals surface area contributed by atoms with E-state index in [1.54, 1.807) is 0 Å². The minimum atomic E-state index is -0.659. The van der Waals surface area contributed by atoms with Crippen molar-refractivity contribution >= 4 is 11.9 Å². The summed E-state index contributed by atoms with van der Waals surface area (Å²) < 4.78 is 5.52. The molecule has 0 rings (SSSR count). The molecule has 0 spiro atoms. The highest BCUT2D eigenvalue weighted by atomic mass is 16.5. The zero-order valence-electron chi connectivity index (χ0n) is 55.3. The Balaban J connectivity index is 3.29. The number of ether oxygens (including phenoxy) is 1. The predicted octanol–water partition coefficient (Wildman–Crippen LogP) is 24.3. The Morgan fingerprint density at radius 3 is 0.877 bits per heavy atom. The summed E-state index contributed by atoms with van der Waals surface area (Å²) in [6.07, 6.45) is 88.7. The van der Waals surface area contributed by atoms with Crippen LogP contribution in [0.4, 0.5) is 0 Å². The summed E-state index contributed by atoms with van der Waals surface area (Å²) in [5, 5.41) is 23.2. The number of allylic oxidation sites excluding steroid dienone is 2. The predicted molar refractivity (Wildman–Crippen MR) is 357 cm³/mol. The molecule has 0 radical (unpaired) electrons. The maximum Gasteiger partial charge on any atom is 0.305 e. The number of unbranched alkanes of at least 4 members (excludes halogenated alkanes) is 58. The van der Waals surface area contributed by atoms with Crippen molar-refractivity contribution in [3.8, 4) is 0 Å². The average molecular weight is 1140 g/mol. The van der Waals surface area contributed by atoms with Gasteiger partial charge in [-0.25, -0.2) is 0 Å². The molecule has 0 aromatic rings. The van der Waals surface area contributed by atoms with Crippen molar-refractivity contribution in [1.82, 2.24) is 5.32 Å². The van der Waals surface area contributed by atoms with Gasteiger partial charge in [-0.2, -0.15) is 0 Å². The number of hydrogen-bond acceptors (Lipinski definition) is 5. The van der Waals surface area contributed by atoms with Gasteiger partial charge in [0.2, 0.25) is 5.91 Å². The van der Waals surface area contributed by atoms with Gasteiger partial charge in [0.25, 0.3) is 0 Å². The van der Waals surface area contributed by atoms with Crippen molar-refractivity contribution in [2.24, 2.45) is 0 Å². The highest BCUT2D eigenvalue weighted by Crippen LogP contribution is 2.20. The molecular weight excluding hydrogens is 995 g/mol. The highest BCUT2D eigenvalue weighted by Gasteiger charge is 2.20. The SMILES string of the molecule is CCCCCCCCCCCCCCCCCCCCC(=O)OCCCCCCCCCCCCCCCC/C=C\CCCCCCCCCCCCCCCCCCCC(=O)NC(CO)C(O)CCCCCCCCCCCCC. The van der Waals surface area contributed by atoms with E-state index in [0.717, 1.165) is 38.5 Å². The van der Waals surface area contributed by atoms with E-state index >= 15 is 0 Å². The number of esters is 1. The maximum atomic E-state index is 12.5. The van der Waals surface area contributed by atoms with Crippen molar-refractivity contribution in [1.29, 1.82) is 0 Å². The first-order valence-corrected chi connectivity index (χ1v) is 37.4. The Morgan fingerprint density at radius 2 is 0.580 bits per heavy atom. The number of amides is 1. The van der Waals surface area contributed by atoms with Gasteiger partial charge in [0.05, 0.1) is 25.4 Å². The van der Waals surface area contributed by atoms with Gasteiger partial charge in [-0.1, -0.05) is 379 Å². The lowest BCUT2D eigenvalue weighted by molar-refractivity contribution is -0.143. The zero-order valence-corrected chi connectivity index (χ0v) is 55.3. The van der Waals surface area contributed by atoms with Crippen molar-refractivity contribution in [3.05, 3.63) is 12.2 Å². The Labute approximate surface area is 508 Å². The maximum absolute atomic E-state index is 12.5. The first-order valence-electron chi connectivity index (χ1n) is 37.4. The van der Waals surface area contributed by atoms with Gasteiger partial charge >= 0.3 is 5.97 Å². The van der Waals surface area contributed by atoms with Crippen LogP contribution < -0.4 is 5.32 Å². The first-order chi connectivity index (χ1) is 40.0. The van der Waals surface area contributed by atoms with Gasteiger partial charge in [0.1, 0.15) is 0 Å². The van der Waals surface area contributed by atoms with Crippen molar-refractivity contribution < 1.29 is 24.5 Å². The lowest BCUT2D eigenvalue weighted by Gasteiger charge is -2.22. The first kappa shape index (κ1) is 79.6. The standard InChI is InChI=1S/C75H147NO5/c1-3-5-7-9-11-13-15-16-17-18-39-42-45-49-53-57-61-65-69-75(80)81-70-66-62-58-54-50-46-43-40-37-35-33-31-29-27-25-23-21-19-20-22-24-26-28-30-32-34-36-38-41-44-48-52-56-60-64-68-74(79)76-72(71-77)73(78)67-63-59-55-51-47-14-12-10-8-6-4-2/h21,23,72-73,77-78H,3-20,22,24-71H2,1-2H3,(H,76,79)/b23-21-. The fourth-order valence-electron chi connectivity index (χ4n) is 12.1. The normalized spacial score (nSPS) is 12.5. The molecular formula is C75H147NO5. The van der Waals surface area contributed by atoms with Gasteiger partial charge in [0, 0.05) is 12.8 Å². The molecule has 0 aromatic heterocycles. The number of rotatable bonds is 71. The third-order valence-electron chi connectivity index (χ3n) is 17.8. The Morgan fingerprint density at radius 1 is 0.333 bits per heavy atom. The molecule has 2 unspecified atom stereocenters. The monoisotopic (exact) mass is 1140 g/mol. The molecule has 482 valence electrons. The van der Waals surface area contributed by atoms with Crippen molar-refractivity contribution in [2.45, 2.75) is 443 Å². The summed E-state index contributed by atoms with van der Waals surface area (Å²) in [5.41, 5.74) is 0. The van der Waals surface area contributed by atoms with E-state index in [2.05, 4.69) is 31.3 Å². The number of aliphatic hydroxyl groups is 2. The number of carbonyl (C=O) groups excluding carboxylic acids is 2. The number of nitrogens with one attached hydrogen (secondary N) is 1. The Kier molecular flexibility index (Phi) is 69.9. The number of hydrogen-bond donors (Lipinski definition) is 3. The van der Waals surface area contributed by atoms with Crippen LogP contribution in [0, 0.1) is 0 Å². The van der Waals surface area contributed by atoms with E-state index in [4.69, 9.17) is 4.74 Å². The summed E-state index contributed by atoms with van der Waals surface area (Å²) in [6.45, 7) is 4.99. The Bertz CT molecular complexity index is 1220. The molecule has 6 nitrogen and oxygen atoms in total. The van der Waals surface area contributed by atoms with Crippen LogP contribution in [0.5, 0.6) is 0 Å². The van der Waals surface area contributed by atoms with E-state index in [-0.39, 0.29) is 18.5 Å². The lowest BCUT2D eigenvalue weighted by Crippen LogP contribution is -2.45. The highest BCUT2D eigenvalue weighted by molar-refractivity contribution is 5.76. The molecule has 0 aliphatic carbocycles. The van der Waals surface area contributed by atoms with Gasteiger partial charge in [-0.05, 0) is 51.4 Å². The van der Waals surface area contributed by atoms with Crippen molar-refractivity contribution in [3.63, 3.8) is 0 Å². The molecule has 6 heteroatoms. The fraction of sp³-hybridized carbons (Fsp3) is 0.947. The largest absolute Gasteiger partial charge is 0.466 e. The molecule has 0 aromatic carbocycles. The molecule has 0 aliphatic rings. The van der Waals surface area contributed by atoms with E-state index in [1.165, 1.54) is 360 Å². The molecule has 81 heavy (non-hydrogen) atoms. The summed E-state index contributed by atoms with van der Waals surface area (Å²) in [6, 6.07) is -0.536. The van der Waals surface area contributed by atoms with Crippen LogP contribution in [0.3, 0.4) is 0 Å². The van der Waals surface area contributed by atoms with Crippen LogP contribution in [0.25, 0.3) is 0 Å². The van der Waals surface area contributed by atoms with Crippen LogP contribution >= 0.6 is 0 Å². The minimum absolute atomic E-state index is 0.0256. The zero-order chi connectivity index (χ0) is 58.5. The van der Waals surface area contributed by atoms with E-state index in [1.807, 2.05) is 0 Å². The van der Waals surface area contributed by atoms with E-state index in [0.29, 0.717) is 25.9 Å². The average Bonchev–Trinajstić information content (AvgIpc) is 3.47. The lowest BCUT2D eigenvalue weighted by atomic mass is 10.0. The summed E-state index contributed by atoms with van der Waals surface area (Å²) >= 11 is 0. The van der Waals surface area contributed by atoms with Crippen molar-refractivity contribution in [2.75, 3.05) is 13.2 Å². The quantitative estimate of drug-likeness (QED) is 0.0320. The van der Waals surface area contributed by atoms with Crippen LogP contribution in [-0.4, -0.2) is 47.4 Å². The van der Waals surface area contributed by atoms with E-state index in [9.17, 15) is 19.8 Å². The van der Waals surface area contributed by atoms with Crippen LogP contribution in [0.15, 0.2) is 12.2 Å². The minimum Gasteiger partial charge on any atom is -0.466 e. The second kappa shape index (κ2) is 71.1. The molecule has 0 fully saturated rings. The summed E-state index contributed by atoms with van der Waals surface area (Å²) in [4.78, 5) is 24.6. The van der Waals surface area contributed by atoms with Gasteiger partial charge in [0.15, 0.2) is 0 Å². The topological polar surface area (TPSA) is 95.9 Å². The molecule has 0 bridgehead atoms. The van der Waals surface area contributed by atoms with E-state index < -0.39 is 12.1 Å². The van der Waals surface area contributed by atoms with Gasteiger partial charge in [-0.15, -0.1) is 0 Å². The third-order valence-corrected chi connectivity index (χ3v) is 17.8. The van der Waals surface area contributed by atoms with Gasteiger partial charge in [-0.3, -0.25) is 9.59 Å². The second-order valence-corrected chi connectivity index (χ2v) is 26.0. The molecule has 2 atom stereocenters. The molecule has 1 amide bonds.